The summed E-state index contributed by atoms with van der Waals surface area (Å²) in [4.78, 5) is 13.6. The summed E-state index contributed by atoms with van der Waals surface area (Å²) in [5, 5.41) is 86.6. The number of hydrogen-bond acceptors (Lipinski definition) is 10. The fourth-order valence-corrected chi connectivity index (χ4v) is 13.8. The second kappa shape index (κ2) is 40.5. The van der Waals surface area contributed by atoms with Crippen LogP contribution in [-0.2, 0) is 9.53 Å². The van der Waals surface area contributed by atoms with Gasteiger partial charge in [0.05, 0.1) is 0 Å². The number of phenolic OH excluding ortho intramolecular Hbond substituents is 7. The lowest BCUT2D eigenvalue weighted by atomic mass is 9.76. The Kier molecular flexibility index (Phi) is 33.8. The van der Waals surface area contributed by atoms with Crippen molar-refractivity contribution in [2.45, 2.75) is 335 Å². The Morgan fingerprint density at radius 3 is 0.750 bits per heavy atom. The predicted octanol–water partition coefficient (Wildman–Crippen LogP) is 22.9. The van der Waals surface area contributed by atoms with E-state index in [-0.39, 0.29) is 46.0 Å². The van der Waals surface area contributed by atoms with Crippen LogP contribution < -0.4 is 4.74 Å². The fraction of sp³-hybridized carbons (Fsp3) is 0.679. The van der Waals surface area contributed by atoms with Crippen LogP contribution in [0.2, 0.25) is 0 Å². The third kappa shape index (κ3) is 24.5. The molecule has 0 spiro atoms. The van der Waals surface area contributed by atoms with E-state index in [1.807, 2.05) is 24.3 Å². The van der Waals surface area contributed by atoms with Crippen molar-refractivity contribution in [1.29, 1.82) is 0 Å². The van der Waals surface area contributed by atoms with Crippen molar-refractivity contribution in [3.05, 3.63) is 93.0 Å². The number of phenols is 7. The molecular formula is C78H122O10. The zero-order chi connectivity index (χ0) is 63.7. The summed E-state index contributed by atoms with van der Waals surface area (Å²) in [6.07, 6.45) is 42.2. The summed E-state index contributed by atoms with van der Waals surface area (Å²) < 4.78 is 12.3. The minimum atomic E-state index is -0.776. The molecule has 4 atom stereocenters. The third-order valence-corrected chi connectivity index (χ3v) is 18.8. The molecule has 1 aliphatic carbocycles. The van der Waals surface area contributed by atoms with Crippen LogP contribution in [0.4, 0.5) is 0 Å². The molecule has 10 heteroatoms. The maximum atomic E-state index is 13.6. The summed E-state index contributed by atoms with van der Waals surface area (Å²) in [5.41, 5.74) is 3.63. The molecule has 494 valence electrons. The van der Waals surface area contributed by atoms with E-state index in [4.69, 9.17) is 9.47 Å². The number of aromatic hydroxyl groups is 7. The number of ether oxygens (including phenoxy) is 2. The van der Waals surface area contributed by atoms with Crippen molar-refractivity contribution in [2.24, 2.45) is 0 Å². The Labute approximate surface area is 533 Å². The summed E-state index contributed by atoms with van der Waals surface area (Å²) in [5.74, 6) is -3.38. The van der Waals surface area contributed by atoms with E-state index in [1.54, 1.807) is 26.8 Å². The highest BCUT2D eigenvalue weighted by molar-refractivity contribution is 5.72. The van der Waals surface area contributed by atoms with Gasteiger partial charge in [-0.3, -0.25) is 0 Å². The topological polar surface area (TPSA) is 177 Å². The van der Waals surface area contributed by atoms with Gasteiger partial charge in [0, 0.05) is 92.4 Å². The maximum Gasteiger partial charge on any atom is 0.344 e. The zero-order valence-electron chi connectivity index (χ0n) is 56.3. The van der Waals surface area contributed by atoms with Gasteiger partial charge in [0.1, 0.15) is 51.6 Å². The molecule has 7 N–H and O–H groups in total. The Bertz CT molecular complexity index is 2610. The molecule has 0 saturated heterocycles. The second-order valence-electron chi connectivity index (χ2n) is 27.4. The monoisotopic (exact) mass is 1220 g/mol. The minimum absolute atomic E-state index is 0.0791. The molecule has 4 aromatic carbocycles. The summed E-state index contributed by atoms with van der Waals surface area (Å²) >= 11 is 0. The van der Waals surface area contributed by atoms with Gasteiger partial charge in [0.15, 0.2) is 6.61 Å². The second-order valence-corrected chi connectivity index (χ2v) is 27.4. The molecule has 0 aliphatic heterocycles. The molecule has 88 heavy (non-hydrogen) atoms. The molecule has 0 heterocycles. The molecule has 5 rings (SSSR count). The fourth-order valence-electron chi connectivity index (χ4n) is 13.8. The van der Waals surface area contributed by atoms with Gasteiger partial charge < -0.3 is 45.2 Å². The van der Waals surface area contributed by atoms with E-state index < -0.39 is 41.8 Å². The van der Waals surface area contributed by atoms with E-state index >= 15 is 0 Å². The van der Waals surface area contributed by atoms with Gasteiger partial charge in [-0.25, -0.2) is 4.79 Å². The predicted molar refractivity (Wildman–Crippen MR) is 364 cm³/mol. The van der Waals surface area contributed by atoms with Crippen LogP contribution in [0, 0.1) is 0 Å². The standard InChI is InChI=1S/C78H122O10/c1-8-12-16-20-24-28-32-36-40-44-57-61-48-62(70(80)52-69(61)79)58(45-41-37-33-29-25-21-17-13-9-2)65-50-66(74(84)54-73(65)83)60(47-43-39-35-31-27-23-19-15-11-4)68-51-67(75(85)55-76(68)87-56-77(86)88-78(5,6)7)59(64-49-63(57)71(81)53-72(64)82)46-42-38-34-30-26-22-18-14-10-3/h48-55,57-60,79-85H,8-47,56H2,1-7H3. The minimum Gasteiger partial charge on any atom is -0.508 e. The van der Waals surface area contributed by atoms with Crippen molar-refractivity contribution in [3.8, 4) is 46.0 Å². The van der Waals surface area contributed by atoms with Crippen molar-refractivity contribution in [1.82, 2.24) is 0 Å². The van der Waals surface area contributed by atoms with Gasteiger partial charge in [-0.2, -0.15) is 0 Å². The molecule has 0 radical (unpaired) electrons. The van der Waals surface area contributed by atoms with Gasteiger partial charge in [-0.1, -0.05) is 259 Å². The van der Waals surface area contributed by atoms with Gasteiger partial charge in [0.2, 0.25) is 0 Å². The maximum absolute atomic E-state index is 13.6. The Hall–Kier alpha value is -5.25. The van der Waals surface area contributed by atoms with Crippen molar-refractivity contribution in [3.63, 3.8) is 0 Å². The number of unbranched alkanes of at least 4 members (excludes halogenated alkanes) is 32. The first-order chi connectivity index (χ1) is 42.5. The Morgan fingerprint density at radius 1 is 0.307 bits per heavy atom. The van der Waals surface area contributed by atoms with Crippen molar-refractivity contribution in [2.75, 3.05) is 6.61 Å². The molecule has 4 unspecified atom stereocenters. The normalized spacial score (nSPS) is 15.9. The lowest BCUT2D eigenvalue weighted by Crippen LogP contribution is -2.27. The number of carbonyl (C=O) groups is 1. The quantitative estimate of drug-likeness (QED) is 0.0167. The van der Waals surface area contributed by atoms with Gasteiger partial charge >= 0.3 is 5.97 Å². The van der Waals surface area contributed by atoms with Crippen LogP contribution in [0.1, 0.15) is 373 Å². The van der Waals surface area contributed by atoms with Crippen LogP contribution in [-0.4, -0.2) is 53.9 Å². The SMILES string of the molecule is CCCCCCCCCCCC1c2cc(c(O)cc2O)C(CCCCCCCCCCC)c2cc(c(O)cc2O)C(CCCCCCCCCCC)c2cc(c(O)cc2OCC(=O)OC(C)(C)C)C(CCCCCCCCCCC)c2cc1c(O)cc2O. The van der Waals surface area contributed by atoms with Crippen LogP contribution >= 0.6 is 0 Å². The number of hydrogen-bond donors (Lipinski definition) is 7. The molecule has 4 aromatic rings. The van der Waals surface area contributed by atoms with E-state index in [2.05, 4.69) is 27.7 Å². The average Bonchev–Trinajstić information content (AvgIpc) is 3.54. The highest BCUT2D eigenvalue weighted by Crippen LogP contribution is 2.53. The molecule has 10 nitrogen and oxygen atoms in total. The van der Waals surface area contributed by atoms with Gasteiger partial charge in [-0.05, 0) is 70.7 Å². The van der Waals surface area contributed by atoms with E-state index in [9.17, 15) is 40.5 Å². The van der Waals surface area contributed by atoms with Crippen LogP contribution in [0.15, 0.2) is 48.5 Å². The molecule has 0 saturated carbocycles. The lowest BCUT2D eigenvalue weighted by molar-refractivity contribution is -0.157. The smallest absolute Gasteiger partial charge is 0.344 e. The molecule has 8 bridgehead atoms. The van der Waals surface area contributed by atoms with E-state index in [0.717, 1.165) is 103 Å². The van der Waals surface area contributed by atoms with Crippen LogP contribution in [0.3, 0.4) is 0 Å². The molecule has 0 fully saturated rings. The molecule has 0 aromatic heterocycles. The third-order valence-electron chi connectivity index (χ3n) is 18.8. The average molecular weight is 1220 g/mol. The first-order valence-corrected chi connectivity index (χ1v) is 35.9. The highest BCUT2D eigenvalue weighted by Gasteiger charge is 2.34. The number of fused-ring (bicyclic) bond motifs is 8. The number of carbonyl (C=O) groups excluding carboxylic acids is 1. The summed E-state index contributed by atoms with van der Waals surface area (Å²) in [6, 6.07) is 13.5. The van der Waals surface area contributed by atoms with Gasteiger partial charge in [0.25, 0.3) is 0 Å². The van der Waals surface area contributed by atoms with E-state index in [0.29, 0.717) is 70.2 Å². The first-order valence-electron chi connectivity index (χ1n) is 35.9. The van der Waals surface area contributed by atoms with Crippen molar-refractivity contribution < 1.29 is 50.0 Å². The van der Waals surface area contributed by atoms with Gasteiger partial charge in [-0.15, -0.1) is 0 Å². The Balaban J connectivity index is 1.78. The molecule has 0 amide bonds. The molecule has 1 aliphatic rings. The Morgan fingerprint density at radius 2 is 0.511 bits per heavy atom. The van der Waals surface area contributed by atoms with E-state index in [1.165, 1.54) is 147 Å². The summed E-state index contributed by atoms with van der Waals surface area (Å²) in [6.45, 7) is 13.9. The highest BCUT2D eigenvalue weighted by atomic mass is 16.6. The van der Waals surface area contributed by atoms with Crippen LogP contribution in [0.25, 0.3) is 0 Å². The number of benzene rings is 4. The summed E-state index contributed by atoms with van der Waals surface area (Å²) in [7, 11) is 0. The van der Waals surface area contributed by atoms with Crippen molar-refractivity contribution >= 4 is 5.97 Å². The number of rotatable bonds is 43. The number of esters is 1. The lowest BCUT2D eigenvalue weighted by Gasteiger charge is -2.30. The van der Waals surface area contributed by atoms with Crippen LogP contribution in [0.5, 0.6) is 46.0 Å². The zero-order valence-corrected chi connectivity index (χ0v) is 56.3. The largest absolute Gasteiger partial charge is 0.508 e. The first kappa shape index (κ1) is 73.5. The molecular weight excluding hydrogens is 1100 g/mol.